The first-order chi connectivity index (χ1) is 9.33. The first-order valence-corrected chi connectivity index (χ1v) is 7.91. The van der Waals surface area contributed by atoms with Crippen molar-refractivity contribution in [2.24, 2.45) is 5.92 Å². The summed E-state index contributed by atoms with van der Waals surface area (Å²) >= 11 is 1.52. The van der Waals surface area contributed by atoms with E-state index in [1.54, 1.807) is 13.8 Å². The minimum atomic E-state index is -1.05. The molecular weight excluding hydrogens is 274 g/mol. The number of ether oxygens (including phenoxy) is 1. The largest absolute Gasteiger partial charge is 0.384 e. The van der Waals surface area contributed by atoms with Crippen LogP contribution in [0, 0.1) is 5.92 Å². The first-order valence-electron chi connectivity index (χ1n) is 6.97. The number of carbonyl (C=O) groups is 1. The van der Waals surface area contributed by atoms with Gasteiger partial charge in [-0.15, -0.1) is 0 Å². The van der Waals surface area contributed by atoms with E-state index in [0.29, 0.717) is 12.5 Å². The van der Waals surface area contributed by atoms with Gasteiger partial charge in [0, 0.05) is 6.61 Å². The van der Waals surface area contributed by atoms with Gasteiger partial charge in [-0.05, 0) is 48.6 Å². The maximum absolute atomic E-state index is 11.9. The third-order valence-corrected chi connectivity index (χ3v) is 3.87. The molecule has 2 N–H and O–H groups in total. The molecule has 4 nitrogen and oxygen atoms in total. The van der Waals surface area contributed by atoms with Gasteiger partial charge in [0.05, 0.1) is 6.54 Å². The van der Waals surface area contributed by atoms with E-state index in [4.69, 9.17) is 4.74 Å². The molecule has 0 aliphatic heterocycles. The maximum atomic E-state index is 11.9. The summed E-state index contributed by atoms with van der Waals surface area (Å²) < 4.78 is 5.48. The van der Waals surface area contributed by atoms with Gasteiger partial charge in [-0.3, -0.25) is 4.79 Å². The Bertz CT molecular complexity index is 401. The number of hydrogen-bond acceptors (Lipinski definition) is 4. The molecule has 5 heteroatoms. The molecule has 0 bridgehead atoms. The summed E-state index contributed by atoms with van der Waals surface area (Å²) in [6.45, 7) is 8.42. The molecule has 0 aliphatic rings. The van der Waals surface area contributed by atoms with Crippen molar-refractivity contribution in [3.05, 3.63) is 22.4 Å². The predicted octanol–water partition coefficient (Wildman–Crippen LogP) is 2.52. The number of amides is 1. The van der Waals surface area contributed by atoms with Gasteiger partial charge in [-0.25, -0.2) is 0 Å². The van der Waals surface area contributed by atoms with Gasteiger partial charge < -0.3 is 15.2 Å². The molecule has 1 aromatic rings. The van der Waals surface area contributed by atoms with Crippen LogP contribution >= 0.6 is 11.3 Å². The predicted molar refractivity (Wildman–Crippen MR) is 81.8 cm³/mol. The Morgan fingerprint density at radius 1 is 1.50 bits per heavy atom. The smallest absolute Gasteiger partial charge is 0.248 e. The molecule has 0 aliphatic carbocycles. The normalized spacial score (nSPS) is 15.9. The van der Waals surface area contributed by atoms with E-state index < -0.39 is 11.7 Å². The molecule has 1 rings (SSSR count). The lowest BCUT2D eigenvalue weighted by Crippen LogP contribution is -2.42. The molecule has 2 atom stereocenters. The number of hydrogen-bond donors (Lipinski definition) is 2. The summed E-state index contributed by atoms with van der Waals surface area (Å²) in [6, 6.07) is 1.86. The average Bonchev–Trinajstić information content (AvgIpc) is 2.90. The molecule has 114 valence electrons. The minimum absolute atomic E-state index is 0.181. The van der Waals surface area contributed by atoms with Gasteiger partial charge >= 0.3 is 0 Å². The minimum Gasteiger partial charge on any atom is -0.384 e. The number of thiophene rings is 1. The third kappa shape index (κ3) is 5.61. The lowest BCUT2D eigenvalue weighted by molar-refractivity contribution is -0.133. The van der Waals surface area contributed by atoms with Gasteiger partial charge in [-0.2, -0.15) is 11.3 Å². The highest BCUT2D eigenvalue weighted by Crippen LogP contribution is 2.22. The van der Waals surface area contributed by atoms with E-state index in [-0.39, 0.29) is 12.5 Å². The molecular formula is C15H25NO3S. The van der Waals surface area contributed by atoms with Crippen molar-refractivity contribution in [3.8, 4) is 0 Å². The summed E-state index contributed by atoms with van der Waals surface area (Å²) in [7, 11) is 0. The Labute approximate surface area is 125 Å². The third-order valence-electron chi connectivity index (χ3n) is 3.18. The summed E-state index contributed by atoms with van der Waals surface area (Å²) in [5.74, 6) is 0.369. The first kappa shape index (κ1) is 17.1. The molecule has 1 amide bonds. The lowest BCUT2D eigenvalue weighted by atomic mass is 9.99. The molecule has 2 unspecified atom stereocenters. The average molecular weight is 299 g/mol. The SMILES string of the molecule is CC(C)CCOC(C)C(=O)NCC(C)(O)c1ccsc1. The zero-order valence-electron chi connectivity index (χ0n) is 12.7. The highest BCUT2D eigenvalue weighted by Gasteiger charge is 2.25. The molecule has 20 heavy (non-hydrogen) atoms. The van der Waals surface area contributed by atoms with Crippen LogP contribution in [0.3, 0.4) is 0 Å². The van der Waals surface area contributed by atoms with Crippen LogP contribution in [0.4, 0.5) is 0 Å². The second-order valence-electron chi connectivity index (χ2n) is 5.70. The van der Waals surface area contributed by atoms with Crippen molar-refractivity contribution >= 4 is 17.2 Å². The molecule has 1 aromatic heterocycles. The summed E-state index contributed by atoms with van der Waals surface area (Å²) in [4.78, 5) is 11.9. The van der Waals surface area contributed by atoms with Crippen molar-refractivity contribution in [2.75, 3.05) is 13.2 Å². The van der Waals surface area contributed by atoms with Gasteiger partial charge in [0.15, 0.2) is 0 Å². The monoisotopic (exact) mass is 299 g/mol. The Balaban J connectivity index is 2.35. The Hall–Kier alpha value is -0.910. The van der Waals surface area contributed by atoms with Crippen molar-refractivity contribution in [1.82, 2.24) is 5.32 Å². The van der Waals surface area contributed by atoms with E-state index in [1.807, 2.05) is 16.8 Å². The van der Waals surface area contributed by atoms with Crippen molar-refractivity contribution in [2.45, 2.75) is 45.8 Å². The van der Waals surface area contributed by atoms with Crippen LogP contribution in [-0.2, 0) is 15.1 Å². The van der Waals surface area contributed by atoms with Gasteiger partial charge in [-0.1, -0.05) is 13.8 Å². The summed E-state index contributed by atoms with van der Waals surface area (Å²) in [5.41, 5.74) is -0.232. The quantitative estimate of drug-likeness (QED) is 0.775. The highest BCUT2D eigenvalue weighted by atomic mass is 32.1. The Morgan fingerprint density at radius 2 is 2.20 bits per heavy atom. The number of nitrogens with one attached hydrogen (secondary N) is 1. The fourth-order valence-electron chi connectivity index (χ4n) is 1.63. The standard InChI is InChI=1S/C15H25NO3S/c1-11(2)5-7-19-12(3)14(17)16-10-15(4,18)13-6-8-20-9-13/h6,8-9,11-12,18H,5,7,10H2,1-4H3,(H,16,17). The van der Waals surface area contributed by atoms with Gasteiger partial charge in [0.2, 0.25) is 5.91 Å². The Kier molecular flexibility index (Phi) is 6.65. The molecule has 1 heterocycles. The lowest BCUT2D eigenvalue weighted by Gasteiger charge is -2.24. The molecule has 0 spiro atoms. The number of rotatable bonds is 8. The van der Waals surface area contributed by atoms with Crippen LogP contribution in [0.1, 0.15) is 39.7 Å². The van der Waals surface area contributed by atoms with Crippen LogP contribution in [-0.4, -0.2) is 30.3 Å². The fraction of sp³-hybridized carbons (Fsp3) is 0.667. The fourth-order valence-corrected chi connectivity index (χ4v) is 2.41. The maximum Gasteiger partial charge on any atom is 0.248 e. The van der Waals surface area contributed by atoms with Crippen LogP contribution in [0.15, 0.2) is 16.8 Å². The van der Waals surface area contributed by atoms with Crippen molar-refractivity contribution < 1.29 is 14.6 Å². The van der Waals surface area contributed by atoms with E-state index in [2.05, 4.69) is 19.2 Å². The highest BCUT2D eigenvalue weighted by molar-refractivity contribution is 7.08. The molecule has 0 fully saturated rings. The van der Waals surface area contributed by atoms with Crippen molar-refractivity contribution in [1.29, 1.82) is 0 Å². The van der Waals surface area contributed by atoms with E-state index in [1.165, 1.54) is 11.3 Å². The van der Waals surface area contributed by atoms with Crippen LogP contribution < -0.4 is 5.32 Å². The summed E-state index contributed by atoms with van der Waals surface area (Å²) in [6.07, 6.45) is 0.441. The Morgan fingerprint density at radius 3 is 2.75 bits per heavy atom. The van der Waals surface area contributed by atoms with Crippen LogP contribution in [0.25, 0.3) is 0 Å². The van der Waals surface area contributed by atoms with Crippen LogP contribution in [0.5, 0.6) is 0 Å². The molecule has 0 saturated heterocycles. The van der Waals surface area contributed by atoms with E-state index >= 15 is 0 Å². The topological polar surface area (TPSA) is 58.6 Å². The summed E-state index contributed by atoms with van der Waals surface area (Å²) in [5, 5.41) is 16.8. The second kappa shape index (κ2) is 7.76. The second-order valence-corrected chi connectivity index (χ2v) is 6.48. The zero-order valence-corrected chi connectivity index (χ0v) is 13.5. The van der Waals surface area contributed by atoms with E-state index in [0.717, 1.165) is 12.0 Å². The molecule has 0 saturated carbocycles. The van der Waals surface area contributed by atoms with Gasteiger partial charge in [0.1, 0.15) is 11.7 Å². The zero-order chi connectivity index (χ0) is 15.2. The van der Waals surface area contributed by atoms with E-state index in [9.17, 15) is 9.90 Å². The van der Waals surface area contributed by atoms with Crippen LogP contribution in [0.2, 0.25) is 0 Å². The molecule has 0 radical (unpaired) electrons. The number of carbonyl (C=O) groups excluding carboxylic acids is 1. The number of aliphatic hydroxyl groups is 1. The van der Waals surface area contributed by atoms with Gasteiger partial charge in [0.25, 0.3) is 0 Å². The van der Waals surface area contributed by atoms with Crippen molar-refractivity contribution in [3.63, 3.8) is 0 Å². The molecule has 0 aromatic carbocycles.